The van der Waals surface area contributed by atoms with Crippen molar-refractivity contribution >= 4 is 11.9 Å². The van der Waals surface area contributed by atoms with Crippen LogP contribution >= 0.6 is 0 Å². The van der Waals surface area contributed by atoms with Gasteiger partial charge in [-0.1, -0.05) is 11.2 Å². The second-order valence-corrected chi connectivity index (χ2v) is 5.93. The molecule has 1 amide bonds. The Labute approximate surface area is 138 Å². The second kappa shape index (κ2) is 5.92. The van der Waals surface area contributed by atoms with Crippen LogP contribution in [-0.2, 0) is 19.9 Å². The van der Waals surface area contributed by atoms with Crippen LogP contribution in [-0.4, -0.2) is 25.9 Å². The lowest BCUT2D eigenvalue weighted by atomic mass is 9.90. The van der Waals surface area contributed by atoms with Crippen molar-refractivity contribution in [2.45, 2.75) is 25.7 Å². The van der Waals surface area contributed by atoms with Gasteiger partial charge in [0, 0.05) is 18.8 Å². The van der Waals surface area contributed by atoms with Gasteiger partial charge >= 0.3 is 6.01 Å². The Morgan fingerprint density at radius 2 is 2.00 bits per heavy atom. The van der Waals surface area contributed by atoms with Crippen LogP contribution < -0.4 is 5.32 Å². The molecule has 0 bridgehead atoms. The van der Waals surface area contributed by atoms with E-state index in [-0.39, 0.29) is 17.8 Å². The van der Waals surface area contributed by atoms with E-state index in [1.54, 1.807) is 24.0 Å². The van der Waals surface area contributed by atoms with E-state index in [2.05, 4.69) is 20.6 Å². The highest BCUT2D eigenvalue weighted by Gasteiger charge is 2.16. The zero-order chi connectivity index (χ0) is 16.5. The smallest absolute Gasteiger partial charge is 0.322 e. The lowest BCUT2D eigenvalue weighted by molar-refractivity contribution is 0.102. The maximum absolute atomic E-state index is 12.4. The Morgan fingerprint density at radius 3 is 2.79 bits per heavy atom. The molecule has 0 spiro atoms. The maximum Gasteiger partial charge on any atom is 0.322 e. The zero-order valence-corrected chi connectivity index (χ0v) is 13.3. The molecule has 0 saturated heterocycles. The van der Waals surface area contributed by atoms with E-state index in [4.69, 9.17) is 4.42 Å². The first-order chi connectivity index (χ1) is 11.7. The van der Waals surface area contributed by atoms with Crippen LogP contribution in [0.1, 0.15) is 34.3 Å². The van der Waals surface area contributed by atoms with Gasteiger partial charge in [-0.15, -0.1) is 5.10 Å². The number of anilines is 1. The van der Waals surface area contributed by atoms with Crippen molar-refractivity contribution in [2.75, 3.05) is 5.32 Å². The Hall–Kier alpha value is -2.96. The molecule has 3 aromatic rings. The van der Waals surface area contributed by atoms with E-state index in [9.17, 15) is 4.79 Å². The van der Waals surface area contributed by atoms with Gasteiger partial charge in [0.2, 0.25) is 0 Å². The maximum atomic E-state index is 12.4. The number of carbonyl (C=O) groups is 1. The van der Waals surface area contributed by atoms with E-state index in [1.807, 2.05) is 18.2 Å². The van der Waals surface area contributed by atoms with E-state index >= 15 is 0 Å². The highest BCUT2D eigenvalue weighted by Crippen LogP contribution is 2.23. The van der Waals surface area contributed by atoms with Gasteiger partial charge in [0.15, 0.2) is 0 Å². The third kappa shape index (κ3) is 2.80. The summed E-state index contributed by atoms with van der Waals surface area (Å²) in [5.74, 6) is 0.0240. The summed E-state index contributed by atoms with van der Waals surface area (Å²) in [6.07, 6.45) is 6.30. The predicted molar refractivity (Wildman–Crippen MR) is 87.5 cm³/mol. The normalized spacial score (nSPS) is 13.5. The van der Waals surface area contributed by atoms with Gasteiger partial charge in [-0.3, -0.25) is 14.8 Å². The largest absolute Gasteiger partial charge is 0.401 e. The molecule has 1 N–H and O–H groups in total. The second-order valence-electron chi connectivity index (χ2n) is 5.93. The number of hydrogen-bond donors (Lipinski definition) is 1. The minimum absolute atomic E-state index is 0.0679. The van der Waals surface area contributed by atoms with Crippen molar-refractivity contribution in [2.24, 2.45) is 7.05 Å². The minimum atomic E-state index is -0.250. The molecule has 1 aromatic carbocycles. The molecule has 0 radical (unpaired) electrons. The first-order valence-electron chi connectivity index (χ1n) is 7.96. The van der Waals surface area contributed by atoms with Crippen molar-refractivity contribution in [3.8, 4) is 11.6 Å². The SMILES string of the molecule is Cn1ccc(-c2nnc(NC(=O)c3ccc4c(c3)CCCC4)o2)n1. The number of aryl methyl sites for hydroxylation is 3. The third-order valence-corrected chi connectivity index (χ3v) is 4.19. The molecule has 7 nitrogen and oxygen atoms in total. The van der Waals surface area contributed by atoms with Crippen LogP contribution in [0.15, 0.2) is 34.9 Å². The summed E-state index contributed by atoms with van der Waals surface area (Å²) in [7, 11) is 1.80. The van der Waals surface area contributed by atoms with E-state index in [1.165, 1.54) is 24.0 Å². The molecule has 2 aromatic heterocycles. The molecular formula is C17H17N5O2. The Balaban J connectivity index is 1.51. The van der Waals surface area contributed by atoms with Crippen LogP contribution in [0.5, 0.6) is 0 Å². The summed E-state index contributed by atoms with van der Waals surface area (Å²) in [5, 5.41) is 14.6. The average molecular weight is 323 g/mol. The number of benzene rings is 1. The quantitative estimate of drug-likeness (QED) is 0.800. The summed E-state index contributed by atoms with van der Waals surface area (Å²) in [6, 6.07) is 7.67. The van der Waals surface area contributed by atoms with Crippen molar-refractivity contribution in [1.29, 1.82) is 0 Å². The summed E-state index contributed by atoms with van der Waals surface area (Å²) in [6.45, 7) is 0. The Bertz CT molecular complexity index is 896. The molecule has 24 heavy (non-hydrogen) atoms. The highest BCUT2D eigenvalue weighted by atomic mass is 16.4. The first kappa shape index (κ1) is 14.6. The molecular weight excluding hydrogens is 306 g/mol. The Morgan fingerprint density at radius 1 is 1.17 bits per heavy atom. The van der Waals surface area contributed by atoms with Gasteiger partial charge < -0.3 is 4.42 Å². The van der Waals surface area contributed by atoms with Gasteiger partial charge in [0.25, 0.3) is 11.8 Å². The van der Waals surface area contributed by atoms with Crippen LogP contribution in [0, 0.1) is 0 Å². The third-order valence-electron chi connectivity index (χ3n) is 4.19. The molecule has 2 heterocycles. The fourth-order valence-corrected chi connectivity index (χ4v) is 2.95. The molecule has 1 aliphatic carbocycles. The van der Waals surface area contributed by atoms with Crippen molar-refractivity contribution in [3.05, 3.63) is 47.2 Å². The number of amides is 1. The lowest BCUT2D eigenvalue weighted by Gasteiger charge is -2.16. The number of aromatic nitrogens is 4. The van der Waals surface area contributed by atoms with Gasteiger partial charge in [-0.05, 0) is 55.0 Å². The number of fused-ring (bicyclic) bond motifs is 1. The van der Waals surface area contributed by atoms with Gasteiger partial charge in [0.1, 0.15) is 5.69 Å². The summed E-state index contributed by atoms with van der Waals surface area (Å²) >= 11 is 0. The highest BCUT2D eigenvalue weighted by molar-refractivity contribution is 6.03. The van der Waals surface area contributed by atoms with E-state index < -0.39 is 0 Å². The van der Waals surface area contributed by atoms with Gasteiger partial charge in [-0.2, -0.15) is 5.10 Å². The number of rotatable bonds is 3. The number of hydrogen-bond acceptors (Lipinski definition) is 5. The molecule has 0 unspecified atom stereocenters. The summed E-state index contributed by atoms with van der Waals surface area (Å²) in [5.41, 5.74) is 3.77. The van der Waals surface area contributed by atoms with Crippen molar-refractivity contribution < 1.29 is 9.21 Å². The fourth-order valence-electron chi connectivity index (χ4n) is 2.95. The van der Waals surface area contributed by atoms with Crippen molar-refractivity contribution in [1.82, 2.24) is 20.0 Å². The van der Waals surface area contributed by atoms with E-state index in [0.29, 0.717) is 11.3 Å². The molecule has 0 saturated carbocycles. The predicted octanol–water partition coefficient (Wildman–Crippen LogP) is 2.60. The van der Waals surface area contributed by atoms with Crippen LogP contribution in [0.3, 0.4) is 0 Å². The Kier molecular flexibility index (Phi) is 3.60. The minimum Gasteiger partial charge on any atom is -0.401 e. The average Bonchev–Trinajstić information content (AvgIpc) is 3.23. The fraction of sp³-hybridized carbons (Fsp3) is 0.294. The molecule has 4 rings (SSSR count). The molecule has 0 atom stereocenters. The number of carbonyl (C=O) groups excluding carboxylic acids is 1. The summed E-state index contributed by atoms with van der Waals surface area (Å²) in [4.78, 5) is 12.4. The number of nitrogens with zero attached hydrogens (tertiary/aromatic N) is 4. The monoisotopic (exact) mass is 323 g/mol. The van der Waals surface area contributed by atoms with E-state index in [0.717, 1.165) is 12.8 Å². The summed E-state index contributed by atoms with van der Waals surface area (Å²) < 4.78 is 7.10. The molecule has 0 aliphatic heterocycles. The molecule has 7 heteroatoms. The molecule has 1 aliphatic rings. The van der Waals surface area contributed by atoms with Gasteiger partial charge in [-0.25, -0.2) is 0 Å². The first-order valence-corrected chi connectivity index (χ1v) is 7.96. The number of nitrogens with one attached hydrogen (secondary N) is 1. The topological polar surface area (TPSA) is 85.8 Å². The molecule has 0 fully saturated rings. The van der Waals surface area contributed by atoms with Crippen LogP contribution in [0.25, 0.3) is 11.6 Å². The van der Waals surface area contributed by atoms with Crippen LogP contribution in [0.2, 0.25) is 0 Å². The standard InChI is InChI=1S/C17H17N5O2/c1-22-9-8-14(21-22)16-19-20-17(24-16)18-15(23)13-7-6-11-4-2-3-5-12(11)10-13/h6-10H,2-5H2,1H3,(H,18,20,23). The lowest BCUT2D eigenvalue weighted by Crippen LogP contribution is -2.13. The van der Waals surface area contributed by atoms with Crippen LogP contribution in [0.4, 0.5) is 6.01 Å². The zero-order valence-electron chi connectivity index (χ0n) is 13.3. The van der Waals surface area contributed by atoms with Gasteiger partial charge in [0.05, 0.1) is 0 Å². The van der Waals surface area contributed by atoms with Crippen molar-refractivity contribution in [3.63, 3.8) is 0 Å². The molecule has 122 valence electrons.